The van der Waals surface area contributed by atoms with Crippen LogP contribution >= 0.6 is 0 Å². The summed E-state index contributed by atoms with van der Waals surface area (Å²) in [6, 6.07) is 22.0. The van der Waals surface area contributed by atoms with Crippen molar-refractivity contribution in [3.63, 3.8) is 0 Å². The molecule has 164 valence electrons. The lowest BCUT2D eigenvalue weighted by Crippen LogP contribution is -2.36. The minimum absolute atomic E-state index is 0.187. The number of hydrogen-bond donors (Lipinski definition) is 1. The first-order chi connectivity index (χ1) is 15.4. The van der Waals surface area contributed by atoms with Gasteiger partial charge in [0.25, 0.3) is 0 Å². The Labute approximate surface area is 187 Å². The van der Waals surface area contributed by atoms with Crippen LogP contribution in [0.1, 0.15) is 24.0 Å². The van der Waals surface area contributed by atoms with Crippen LogP contribution in [0.2, 0.25) is 0 Å². The lowest BCUT2D eigenvalue weighted by atomic mass is 10.0. The highest BCUT2D eigenvalue weighted by Crippen LogP contribution is 2.27. The predicted molar refractivity (Wildman–Crippen MR) is 125 cm³/mol. The number of aryl methyl sites for hydroxylation is 1. The summed E-state index contributed by atoms with van der Waals surface area (Å²) in [6.07, 6.45) is 1.78. The Kier molecular flexibility index (Phi) is 7.45. The fourth-order valence-electron chi connectivity index (χ4n) is 3.80. The fraction of sp³-hybridized carbons (Fsp3) is 0.231. The van der Waals surface area contributed by atoms with Crippen molar-refractivity contribution in [1.82, 2.24) is 0 Å². The Hall–Kier alpha value is -3.85. The maximum Gasteiger partial charge on any atom is 0.328 e. The molecule has 1 aliphatic rings. The second kappa shape index (κ2) is 10.5. The van der Waals surface area contributed by atoms with Crippen LogP contribution in [-0.2, 0) is 9.53 Å². The van der Waals surface area contributed by atoms with Gasteiger partial charge in [0.05, 0.1) is 24.4 Å². The molecule has 6 heteroatoms. The molecule has 1 heterocycles. The molecule has 3 aromatic rings. The number of nitrogens with two attached hydrogens (primary N) is 1. The third-order valence-electron chi connectivity index (χ3n) is 5.49. The molecule has 1 aliphatic heterocycles. The van der Waals surface area contributed by atoms with Gasteiger partial charge in [-0.2, -0.15) is 5.26 Å². The number of rotatable bonds is 3. The topological polar surface area (TPSA) is 79.3 Å². The number of nitrogen functional groups attached to an aromatic ring is 1. The lowest BCUT2D eigenvalue weighted by Gasteiger charge is -2.24. The van der Waals surface area contributed by atoms with Gasteiger partial charge < -0.3 is 15.4 Å². The van der Waals surface area contributed by atoms with E-state index in [9.17, 15) is 9.18 Å². The van der Waals surface area contributed by atoms with Crippen LogP contribution in [0.4, 0.5) is 15.8 Å². The van der Waals surface area contributed by atoms with Gasteiger partial charge in [-0.3, -0.25) is 0 Å². The molecular weight excluding hydrogens is 405 g/mol. The van der Waals surface area contributed by atoms with Gasteiger partial charge in [0.15, 0.2) is 0 Å². The molecule has 0 unspecified atom stereocenters. The number of ether oxygens (including phenoxy) is 1. The zero-order chi connectivity index (χ0) is 23.1. The monoisotopic (exact) mass is 431 g/mol. The number of anilines is 2. The number of nitriles is 1. The quantitative estimate of drug-likeness (QED) is 0.462. The molecule has 1 atom stereocenters. The highest BCUT2D eigenvalue weighted by atomic mass is 19.1. The number of halogens is 1. The lowest BCUT2D eigenvalue weighted by molar-refractivity contribution is -0.141. The normalized spacial score (nSPS) is 14.8. The van der Waals surface area contributed by atoms with E-state index in [2.05, 4.69) is 6.07 Å². The number of nitrogens with zero attached hydrogens (tertiary/aromatic N) is 2. The van der Waals surface area contributed by atoms with E-state index >= 15 is 0 Å². The molecule has 1 saturated heterocycles. The van der Waals surface area contributed by atoms with E-state index in [1.165, 1.54) is 13.2 Å². The van der Waals surface area contributed by atoms with Crippen LogP contribution < -0.4 is 10.6 Å². The van der Waals surface area contributed by atoms with E-state index < -0.39 is 0 Å². The Morgan fingerprint density at radius 1 is 1.16 bits per heavy atom. The summed E-state index contributed by atoms with van der Waals surface area (Å²) >= 11 is 0. The van der Waals surface area contributed by atoms with Gasteiger partial charge in [0, 0.05) is 12.2 Å². The maximum absolute atomic E-state index is 13.3. The van der Waals surface area contributed by atoms with Crippen molar-refractivity contribution in [2.45, 2.75) is 25.8 Å². The van der Waals surface area contributed by atoms with Crippen molar-refractivity contribution in [2.75, 3.05) is 24.3 Å². The molecule has 0 bridgehead atoms. The van der Waals surface area contributed by atoms with Crippen LogP contribution in [0, 0.1) is 24.1 Å². The molecule has 0 radical (unpaired) electrons. The molecule has 4 rings (SSSR count). The molecule has 0 amide bonds. The van der Waals surface area contributed by atoms with E-state index in [4.69, 9.17) is 15.7 Å². The zero-order valence-corrected chi connectivity index (χ0v) is 18.2. The van der Waals surface area contributed by atoms with Crippen LogP contribution in [0.3, 0.4) is 0 Å². The maximum atomic E-state index is 13.3. The van der Waals surface area contributed by atoms with E-state index in [0.717, 1.165) is 41.8 Å². The van der Waals surface area contributed by atoms with Crippen LogP contribution in [-0.4, -0.2) is 25.7 Å². The van der Waals surface area contributed by atoms with Gasteiger partial charge in [-0.1, -0.05) is 36.4 Å². The summed E-state index contributed by atoms with van der Waals surface area (Å²) in [6.45, 7) is 2.83. The number of hydrogen-bond acceptors (Lipinski definition) is 5. The highest BCUT2D eigenvalue weighted by molar-refractivity contribution is 5.81. The minimum Gasteiger partial charge on any atom is -0.467 e. The van der Waals surface area contributed by atoms with Crippen molar-refractivity contribution in [3.8, 4) is 17.2 Å². The van der Waals surface area contributed by atoms with Crippen LogP contribution in [0.15, 0.2) is 66.7 Å². The first kappa shape index (κ1) is 22.8. The summed E-state index contributed by atoms with van der Waals surface area (Å²) in [7, 11) is 1.41. The zero-order valence-electron chi connectivity index (χ0n) is 18.2. The standard InChI is InChI=1S/C13H12FN.C13H14N2O2/c1-9-4-2-3-5-11(9)10-6-7-13(15)12(14)8-10;1-17-13(16)12-6-3-7-15(12)11-5-2-4-10(8-11)9-14/h2-8H,15H2,1H3;2,4-5,8,12H,3,6-7H2,1H3/t;12-/m.0/s1. The molecule has 0 saturated carbocycles. The van der Waals surface area contributed by atoms with Crippen LogP contribution in [0.25, 0.3) is 11.1 Å². The summed E-state index contributed by atoms with van der Waals surface area (Å²) in [4.78, 5) is 13.6. The molecule has 5 nitrogen and oxygen atoms in total. The summed E-state index contributed by atoms with van der Waals surface area (Å²) < 4.78 is 18.1. The molecule has 32 heavy (non-hydrogen) atoms. The number of esters is 1. The molecule has 3 aromatic carbocycles. The Bertz CT molecular complexity index is 1140. The number of methoxy groups -OCH3 is 1. The van der Waals surface area contributed by atoms with Gasteiger partial charge in [-0.15, -0.1) is 0 Å². The van der Waals surface area contributed by atoms with E-state index in [0.29, 0.717) is 5.56 Å². The number of carbonyl (C=O) groups excluding carboxylic acids is 1. The van der Waals surface area contributed by atoms with Gasteiger partial charge in [-0.05, 0) is 66.8 Å². The fourth-order valence-corrected chi connectivity index (χ4v) is 3.80. The molecule has 1 fully saturated rings. The molecule has 0 aromatic heterocycles. The van der Waals surface area contributed by atoms with E-state index in [1.54, 1.807) is 18.2 Å². The van der Waals surface area contributed by atoms with Crippen molar-refractivity contribution < 1.29 is 13.9 Å². The molecule has 0 aliphatic carbocycles. The largest absolute Gasteiger partial charge is 0.467 e. The molecule has 0 spiro atoms. The third kappa shape index (κ3) is 5.25. The Morgan fingerprint density at radius 2 is 1.94 bits per heavy atom. The second-order valence-corrected chi connectivity index (χ2v) is 7.59. The first-order valence-electron chi connectivity index (χ1n) is 10.4. The van der Waals surface area contributed by atoms with Crippen molar-refractivity contribution in [3.05, 3.63) is 83.7 Å². The summed E-state index contributed by atoms with van der Waals surface area (Å²) in [5.74, 6) is -0.569. The molecular formula is C26H26FN3O2. The van der Waals surface area contributed by atoms with Crippen molar-refractivity contribution >= 4 is 17.3 Å². The second-order valence-electron chi connectivity index (χ2n) is 7.59. The van der Waals surface area contributed by atoms with Gasteiger partial charge in [0.2, 0.25) is 0 Å². The van der Waals surface area contributed by atoms with Crippen molar-refractivity contribution in [2.24, 2.45) is 0 Å². The molecule has 2 N–H and O–H groups in total. The third-order valence-corrected chi connectivity index (χ3v) is 5.49. The Morgan fingerprint density at radius 3 is 2.62 bits per heavy atom. The Balaban J connectivity index is 0.000000182. The first-order valence-corrected chi connectivity index (χ1v) is 10.4. The van der Waals surface area contributed by atoms with Gasteiger partial charge >= 0.3 is 5.97 Å². The van der Waals surface area contributed by atoms with E-state index in [-0.39, 0.29) is 23.5 Å². The SMILES string of the molecule is COC(=O)[C@@H]1CCCN1c1cccc(C#N)c1.Cc1ccccc1-c1ccc(N)c(F)c1. The predicted octanol–water partition coefficient (Wildman–Crippen LogP) is 5.08. The summed E-state index contributed by atoms with van der Waals surface area (Å²) in [5.41, 5.74) is 10.2. The number of benzene rings is 3. The average molecular weight is 432 g/mol. The van der Waals surface area contributed by atoms with Gasteiger partial charge in [0.1, 0.15) is 11.9 Å². The number of carbonyl (C=O) groups is 1. The smallest absolute Gasteiger partial charge is 0.328 e. The van der Waals surface area contributed by atoms with Crippen molar-refractivity contribution in [1.29, 1.82) is 5.26 Å². The minimum atomic E-state index is -0.365. The van der Waals surface area contributed by atoms with Crippen LogP contribution in [0.5, 0.6) is 0 Å². The summed E-state index contributed by atoms with van der Waals surface area (Å²) in [5, 5.41) is 8.87. The highest BCUT2D eigenvalue weighted by Gasteiger charge is 2.31. The van der Waals surface area contributed by atoms with E-state index in [1.807, 2.05) is 54.3 Å². The van der Waals surface area contributed by atoms with Gasteiger partial charge in [-0.25, -0.2) is 9.18 Å². The average Bonchev–Trinajstić information content (AvgIpc) is 3.31.